The van der Waals surface area contributed by atoms with Gasteiger partial charge in [-0.25, -0.2) is 4.98 Å². The maximum atomic E-state index is 12.5. The third kappa shape index (κ3) is 5.07. The van der Waals surface area contributed by atoms with Crippen molar-refractivity contribution in [3.05, 3.63) is 40.9 Å². The Morgan fingerprint density at radius 1 is 1.44 bits per heavy atom. The number of amides is 2. The van der Waals surface area contributed by atoms with Gasteiger partial charge >= 0.3 is 0 Å². The summed E-state index contributed by atoms with van der Waals surface area (Å²) < 4.78 is 5.25. The number of aromatic nitrogens is 1. The van der Waals surface area contributed by atoms with Gasteiger partial charge in [-0.05, 0) is 23.6 Å². The van der Waals surface area contributed by atoms with Crippen LogP contribution in [0.25, 0.3) is 0 Å². The SMILES string of the molecule is COc1cccc(Cc2cnc(NC(=O)[C@@H]3CC(=O)N(CC(C)C)C3)s2)c1. The quantitative estimate of drug-likeness (QED) is 0.792. The Labute approximate surface area is 163 Å². The molecule has 2 heterocycles. The highest BCUT2D eigenvalue weighted by Crippen LogP contribution is 2.25. The summed E-state index contributed by atoms with van der Waals surface area (Å²) >= 11 is 1.46. The van der Waals surface area contributed by atoms with Gasteiger partial charge < -0.3 is 15.0 Å². The molecule has 27 heavy (non-hydrogen) atoms. The molecule has 1 fully saturated rings. The molecule has 0 saturated carbocycles. The van der Waals surface area contributed by atoms with Gasteiger partial charge in [0.05, 0.1) is 13.0 Å². The van der Waals surface area contributed by atoms with Crippen molar-refractivity contribution in [1.82, 2.24) is 9.88 Å². The number of hydrogen-bond acceptors (Lipinski definition) is 5. The normalized spacial score (nSPS) is 16.8. The zero-order chi connectivity index (χ0) is 19.4. The summed E-state index contributed by atoms with van der Waals surface area (Å²) in [7, 11) is 1.65. The van der Waals surface area contributed by atoms with Gasteiger partial charge in [-0.15, -0.1) is 11.3 Å². The number of nitrogens with zero attached hydrogens (tertiary/aromatic N) is 2. The van der Waals surface area contributed by atoms with Crippen LogP contribution in [0, 0.1) is 11.8 Å². The molecule has 1 N–H and O–H groups in total. The van der Waals surface area contributed by atoms with E-state index in [1.54, 1.807) is 18.2 Å². The molecule has 7 heteroatoms. The van der Waals surface area contributed by atoms with Gasteiger partial charge in [-0.3, -0.25) is 9.59 Å². The number of carbonyl (C=O) groups is 2. The summed E-state index contributed by atoms with van der Waals surface area (Å²) in [5.74, 6) is 0.844. The Bertz CT molecular complexity index is 818. The molecule has 0 spiro atoms. The summed E-state index contributed by atoms with van der Waals surface area (Å²) in [6.45, 7) is 5.33. The number of hydrogen-bond donors (Lipinski definition) is 1. The lowest BCUT2D eigenvalue weighted by Gasteiger charge is -2.18. The first-order valence-corrected chi connectivity index (χ1v) is 9.92. The van der Waals surface area contributed by atoms with Gasteiger partial charge in [0, 0.05) is 37.0 Å². The van der Waals surface area contributed by atoms with Crippen LogP contribution in [0.4, 0.5) is 5.13 Å². The van der Waals surface area contributed by atoms with E-state index in [2.05, 4.69) is 24.1 Å². The van der Waals surface area contributed by atoms with E-state index >= 15 is 0 Å². The summed E-state index contributed by atoms with van der Waals surface area (Å²) in [6, 6.07) is 7.89. The molecule has 2 amide bonds. The predicted molar refractivity (Wildman–Crippen MR) is 106 cm³/mol. The second-order valence-corrected chi connectivity index (χ2v) is 8.36. The Morgan fingerprint density at radius 3 is 3.00 bits per heavy atom. The van der Waals surface area contributed by atoms with E-state index in [9.17, 15) is 9.59 Å². The van der Waals surface area contributed by atoms with Crippen molar-refractivity contribution in [2.75, 3.05) is 25.5 Å². The van der Waals surface area contributed by atoms with Crippen LogP contribution in [0.2, 0.25) is 0 Å². The number of benzene rings is 1. The minimum atomic E-state index is -0.304. The molecular weight excluding hydrogens is 362 g/mol. The van der Waals surface area contributed by atoms with E-state index in [0.717, 1.165) is 22.6 Å². The fourth-order valence-electron chi connectivity index (χ4n) is 3.20. The smallest absolute Gasteiger partial charge is 0.231 e. The van der Waals surface area contributed by atoms with Crippen LogP contribution in [0.5, 0.6) is 5.75 Å². The molecule has 1 atom stereocenters. The van der Waals surface area contributed by atoms with Gasteiger partial charge in [-0.1, -0.05) is 26.0 Å². The van der Waals surface area contributed by atoms with Gasteiger partial charge in [0.2, 0.25) is 11.8 Å². The highest BCUT2D eigenvalue weighted by atomic mass is 32.1. The van der Waals surface area contributed by atoms with Crippen molar-refractivity contribution in [2.45, 2.75) is 26.7 Å². The van der Waals surface area contributed by atoms with E-state index in [1.807, 2.05) is 24.3 Å². The molecule has 1 aromatic carbocycles. The number of thiazole rings is 1. The third-order valence-corrected chi connectivity index (χ3v) is 5.38. The molecule has 144 valence electrons. The lowest BCUT2D eigenvalue weighted by molar-refractivity contribution is -0.128. The Balaban J connectivity index is 1.57. The molecule has 3 rings (SSSR count). The maximum Gasteiger partial charge on any atom is 0.231 e. The third-order valence-electron chi connectivity index (χ3n) is 4.47. The molecule has 0 bridgehead atoms. The number of ether oxygens (including phenoxy) is 1. The summed E-state index contributed by atoms with van der Waals surface area (Å²) in [4.78, 5) is 31.7. The Hall–Kier alpha value is -2.41. The number of rotatable bonds is 7. The Morgan fingerprint density at radius 2 is 2.26 bits per heavy atom. The van der Waals surface area contributed by atoms with Crippen LogP contribution in [-0.4, -0.2) is 41.9 Å². The van der Waals surface area contributed by atoms with Gasteiger partial charge in [0.1, 0.15) is 5.75 Å². The van der Waals surface area contributed by atoms with Crippen molar-refractivity contribution < 1.29 is 14.3 Å². The average Bonchev–Trinajstić information content (AvgIpc) is 3.21. The molecular formula is C20H25N3O3S. The fraction of sp³-hybridized carbons (Fsp3) is 0.450. The first-order valence-electron chi connectivity index (χ1n) is 9.11. The van der Waals surface area contributed by atoms with Crippen molar-refractivity contribution in [1.29, 1.82) is 0 Å². The zero-order valence-electron chi connectivity index (χ0n) is 15.9. The van der Waals surface area contributed by atoms with Crippen LogP contribution < -0.4 is 10.1 Å². The molecule has 1 aliphatic heterocycles. The van der Waals surface area contributed by atoms with E-state index in [4.69, 9.17) is 4.74 Å². The van der Waals surface area contributed by atoms with Crippen LogP contribution in [-0.2, 0) is 16.0 Å². The second-order valence-electron chi connectivity index (χ2n) is 7.24. The molecule has 6 nitrogen and oxygen atoms in total. The van der Waals surface area contributed by atoms with Gasteiger partial charge in [0.25, 0.3) is 0 Å². The predicted octanol–water partition coefficient (Wildman–Crippen LogP) is 3.19. The Kier molecular flexibility index (Phi) is 6.11. The van der Waals surface area contributed by atoms with E-state index in [0.29, 0.717) is 24.1 Å². The van der Waals surface area contributed by atoms with Crippen molar-refractivity contribution in [3.8, 4) is 5.75 Å². The van der Waals surface area contributed by atoms with E-state index < -0.39 is 0 Å². The molecule has 1 saturated heterocycles. The van der Waals surface area contributed by atoms with E-state index in [-0.39, 0.29) is 24.2 Å². The standard InChI is InChI=1S/C20H25N3O3S/c1-13(2)11-23-12-15(9-18(23)24)19(25)22-20-21-10-17(27-20)8-14-5-4-6-16(7-14)26-3/h4-7,10,13,15H,8-9,11-12H2,1-3H3,(H,21,22,25)/t15-/m1/s1. The average molecular weight is 388 g/mol. The molecule has 0 unspecified atom stereocenters. The number of anilines is 1. The van der Waals surface area contributed by atoms with Crippen molar-refractivity contribution in [3.63, 3.8) is 0 Å². The summed E-state index contributed by atoms with van der Waals surface area (Å²) in [6.07, 6.45) is 2.79. The molecule has 1 aromatic heterocycles. The minimum Gasteiger partial charge on any atom is -0.497 e. The number of likely N-dealkylation sites (tertiary alicyclic amines) is 1. The number of nitrogens with one attached hydrogen (secondary N) is 1. The monoisotopic (exact) mass is 387 g/mol. The lowest BCUT2D eigenvalue weighted by atomic mass is 10.1. The highest BCUT2D eigenvalue weighted by molar-refractivity contribution is 7.15. The van der Waals surface area contributed by atoms with Crippen LogP contribution in [0.1, 0.15) is 30.7 Å². The molecule has 2 aromatic rings. The molecule has 0 aliphatic carbocycles. The zero-order valence-corrected chi connectivity index (χ0v) is 16.7. The summed E-state index contributed by atoms with van der Waals surface area (Å²) in [5.41, 5.74) is 1.13. The first-order chi connectivity index (χ1) is 12.9. The van der Waals surface area contributed by atoms with Crippen LogP contribution in [0.3, 0.4) is 0 Å². The number of carbonyl (C=O) groups excluding carboxylic acids is 2. The minimum absolute atomic E-state index is 0.0571. The number of methoxy groups -OCH3 is 1. The van der Waals surface area contributed by atoms with Crippen LogP contribution >= 0.6 is 11.3 Å². The molecule has 1 aliphatic rings. The van der Waals surface area contributed by atoms with Crippen LogP contribution in [0.15, 0.2) is 30.5 Å². The van der Waals surface area contributed by atoms with Gasteiger partial charge in [-0.2, -0.15) is 0 Å². The fourth-order valence-corrected chi connectivity index (χ4v) is 4.05. The van der Waals surface area contributed by atoms with Gasteiger partial charge in [0.15, 0.2) is 5.13 Å². The van der Waals surface area contributed by atoms with Crippen molar-refractivity contribution in [2.24, 2.45) is 11.8 Å². The lowest BCUT2D eigenvalue weighted by Crippen LogP contribution is -2.31. The maximum absolute atomic E-state index is 12.5. The first kappa shape index (κ1) is 19.4. The topological polar surface area (TPSA) is 71.5 Å². The second kappa shape index (κ2) is 8.52. The molecule has 0 radical (unpaired) electrons. The van der Waals surface area contributed by atoms with Crippen molar-refractivity contribution >= 4 is 28.3 Å². The highest BCUT2D eigenvalue weighted by Gasteiger charge is 2.34. The largest absolute Gasteiger partial charge is 0.497 e. The van der Waals surface area contributed by atoms with E-state index in [1.165, 1.54) is 11.3 Å². The summed E-state index contributed by atoms with van der Waals surface area (Å²) in [5, 5.41) is 3.45.